The number of hydrogen-bond acceptors (Lipinski definition) is 1. The molecule has 7 rings (SSSR count). The Morgan fingerprint density at radius 1 is 0.606 bits per heavy atom. The quantitative estimate of drug-likeness (QED) is 0.272. The number of furan rings is 1. The smallest absolute Gasteiger partial charge is 0.143 e. The van der Waals surface area contributed by atoms with Crippen LogP contribution in [0.1, 0.15) is 5.56 Å². The molecule has 2 heterocycles. The molecule has 0 spiro atoms. The van der Waals surface area contributed by atoms with E-state index < -0.39 is 0 Å². The van der Waals surface area contributed by atoms with Crippen molar-refractivity contribution in [2.24, 2.45) is 0 Å². The summed E-state index contributed by atoms with van der Waals surface area (Å²) in [5.41, 5.74) is 8.93. The van der Waals surface area contributed by atoms with Crippen molar-refractivity contribution in [2.45, 2.75) is 6.92 Å². The molecule has 156 valence electrons. The largest absolute Gasteiger partial charge is 0.455 e. The van der Waals surface area contributed by atoms with Crippen molar-refractivity contribution in [2.75, 3.05) is 0 Å². The molecule has 0 aliphatic carbocycles. The third kappa shape index (κ3) is 2.61. The minimum atomic E-state index is 0.932. The van der Waals surface area contributed by atoms with Crippen molar-refractivity contribution in [1.29, 1.82) is 0 Å². The fourth-order valence-electron chi connectivity index (χ4n) is 5.25. The predicted molar refractivity (Wildman–Crippen MR) is 138 cm³/mol. The Labute approximate surface area is 191 Å². The summed E-state index contributed by atoms with van der Waals surface area (Å²) in [6.07, 6.45) is 0. The molecule has 2 aromatic heterocycles. The Morgan fingerprint density at radius 3 is 2.00 bits per heavy atom. The Kier molecular flexibility index (Phi) is 3.80. The second kappa shape index (κ2) is 6.85. The maximum atomic E-state index is 6.46. The summed E-state index contributed by atoms with van der Waals surface area (Å²) < 4.78 is 8.84. The van der Waals surface area contributed by atoms with Crippen molar-refractivity contribution in [3.8, 4) is 16.8 Å². The van der Waals surface area contributed by atoms with Gasteiger partial charge in [-0.3, -0.25) is 0 Å². The van der Waals surface area contributed by atoms with E-state index in [4.69, 9.17) is 4.42 Å². The molecule has 0 unspecified atom stereocenters. The molecular formula is C31H21NO. The van der Waals surface area contributed by atoms with E-state index in [1.165, 1.54) is 32.8 Å². The van der Waals surface area contributed by atoms with Gasteiger partial charge in [0, 0.05) is 32.8 Å². The van der Waals surface area contributed by atoms with Gasteiger partial charge < -0.3 is 8.98 Å². The van der Waals surface area contributed by atoms with Crippen molar-refractivity contribution < 1.29 is 4.42 Å². The molecule has 33 heavy (non-hydrogen) atoms. The lowest BCUT2D eigenvalue weighted by atomic mass is 10.00. The highest BCUT2D eigenvalue weighted by Gasteiger charge is 2.18. The van der Waals surface area contributed by atoms with Gasteiger partial charge in [0.15, 0.2) is 0 Å². The van der Waals surface area contributed by atoms with Gasteiger partial charge in [-0.2, -0.15) is 0 Å². The van der Waals surface area contributed by atoms with Crippen LogP contribution in [-0.4, -0.2) is 4.57 Å². The van der Waals surface area contributed by atoms with Crippen LogP contribution < -0.4 is 0 Å². The first-order valence-electron chi connectivity index (χ1n) is 11.3. The summed E-state index contributed by atoms with van der Waals surface area (Å²) in [7, 11) is 0. The van der Waals surface area contributed by atoms with Crippen LogP contribution in [0, 0.1) is 6.92 Å². The Bertz CT molecular complexity index is 1770. The third-order valence-electron chi connectivity index (χ3n) is 6.71. The van der Waals surface area contributed by atoms with Gasteiger partial charge in [-0.15, -0.1) is 0 Å². The number of rotatable bonds is 2. The molecule has 2 nitrogen and oxygen atoms in total. The molecule has 5 aromatic carbocycles. The first-order valence-corrected chi connectivity index (χ1v) is 11.3. The number of aromatic nitrogens is 1. The molecule has 7 aromatic rings. The lowest BCUT2D eigenvalue weighted by Gasteiger charge is -2.12. The van der Waals surface area contributed by atoms with E-state index in [1.807, 2.05) is 0 Å². The Hall–Kier alpha value is -4.30. The van der Waals surface area contributed by atoms with E-state index in [-0.39, 0.29) is 0 Å². The summed E-state index contributed by atoms with van der Waals surface area (Å²) in [5.74, 6) is 0. The van der Waals surface area contributed by atoms with Crippen LogP contribution in [0.4, 0.5) is 0 Å². The van der Waals surface area contributed by atoms with E-state index in [1.54, 1.807) is 0 Å². The summed E-state index contributed by atoms with van der Waals surface area (Å²) in [5, 5.41) is 4.87. The van der Waals surface area contributed by atoms with Crippen LogP contribution >= 0.6 is 0 Å². The molecule has 0 bridgehead atoms. The number of nitrogens with zero attached hydrogens (tertiary/aromatic N) is 1. The molecule has 0 fully saturated rings. The number of hydrogen-bond donors (Lipinski definition) is 0. The third-order valence-corrected chi connectivity index (χ3v) is 6.71. The average Bonchev–Trinajstić information content (AvgIpc) is 3.40. The number of fused-ring (bicyclic) bond motifs is 6. The zero-order valence-corrected chi connectivity index (χ0v) is 18.2. The lowest BCUT2D eigenvalue weighted by Crippen LogP contribution is -1.95. The van der Waals surface area contributed by atoms with Crippen LogP contribution in [0.15, 0.2) is 114 Å². The SMILES string of the molecule is Cc1cccc2oc3c(-c4ccccc4)cc(-n4c5ccccc5c5ccccc54)cc3c12. The topological polar surface area (TPSA) is 18.1 Å². The first-order chi connectivity index (χ1) is 16.3. The number of para-hydroxylation sites is 2. The van der Waals surface area contributed by atoms with Crippen molar-refractivity contribution in [1.82, 2.24) is 4.57 Å². The molecule has 0 radical (unpaired) electrons. The predicted octanol–water partition coefficient (Wildman–Crippen LogP) is 8.66. The van der Waals surface area contributed by atoms with Crippen LogP contribution in [0.5, 0.6) is 0 Å². The molecule has 0 saturated heterocycles. The first kappa shape index (κ1) is 18.3. The fraction of sp³-hybridized carbons (Fsp3) is 0.0323. The number of benzene rings is 5. The lowest BCUT2D eigenvalue weighted by molar-refractivity contribution is 0.670. The van der Waals surface area contributed by atoms with Crippen molar-refractivity contribution >= 4 is 43.7 Å². The van der Waals surface area contributed by atoms with Gasteiger partial charge in [0.25, 0.3) is 0 Å². The van der Waals surface area contributed by atoms with Gasteiger partial charge in [0.1, 0.15) is 11.2 Å². The second-order valence-corrected chi connectivity index (χ2v) is 8.66. The maximum Gasteiger partial charge on any atom is 0.143 e. The van der Waals surface area contributed by atoms with Gasteiger partial charge in [-0.1, -0.05) is 78.9 Å². The van der Waals surface area contributed by atoms with E-state index in [0.29, 0.717) is 0 Å². The summed E-state index contributed by atoms with van der Waals surface area (Å²) >= 11 is 0. The summed E-state index contributed by atoms with van der Waals surface area (Å²) in [6.45, 7) is 2.16. The molecule has 0 amide bonds. The molecule has 0 aliphatic heterocycles. The second-order valence-electron chi connectivity index (χ2n) is 8.66. The Morgan fingerprint density at radius 2 is 1.27 bits per heavy atom. The standard InChI is InChI=1S/C31H21NO/c1-20-10-9-17-29-30(20)26-19-22(18-25(31(26)33-29)21-11-3-2-4-12-21)32-27-15-7-5-13-23(27)24-14-6-8-16-28(24)32/h2-19H,1H3. The molecule has 2 heteroatoms. The van der Waals surface area contributed by atoms with Gasteiger partial charge >= 0.3 is 0 Å². The van der Waals surface area contributed by atoms with Gasteiger partial charge in [-0.25, -0.2) is 0 Å². The van der Waals surface area contributed by atoms with Crippen molar-refractivity contribution in [3.05, 3.63) is 115 Å². The van der Waals surface area contributed by atoms with Gasteiger partial charge in [0.05, 0.1) is 11.0 Å². The monoisotopic (exact) mass is 423 g/mol. The zero-order chi connectivity index (χ0) is 21.9. The normalized spacial score (nSPS) is 11.8. The highest BCUT2D eigenvalue weighted by atomic mass is 16.3. The van der Waals surface area contributed by atoms with Crippen LogP contribution in [0.2, 0.25) is 0 Å². The number of aryl methyl sites for hydroxylation is 1. The van der Waals surface area contributed by atoms with E-state index >= 15 is 0 Å². The van der Waals surface area contributed by atoms with Crippen LogP contribution in [0.3, 0.4) is 0 Å². The highest BCUT2D eigenvalue weighted by molar-refractivity contribution is 6.13. The zero-order valence-electron chi connectivity index (χ0n) is 18.2. The molecule has 0 aliphatic rings. The minimum Gasteiger partial charge on any atom is -0.455 e. The van der Waals surface area contributed by atoms with Crippen LogP contribution in [0.25, 0.3) is 60.6 Å². The molecular weight excluding hydrogens is 402 g/mol. The van der Waals surface area contributed by atoms with Crippen molar-refractivity contribution in [3.63, 3.8) is 0 Å². The van der Waals surface area contributed by atoms with Gasteiger partial charge in [0.2, 0.25) is 0 Å². The molecule has 0 saturated carbocycles. The maximum absolute atomic E-state index is 6.46. The fourth-order valence-corrected chi connectivity index (χ4v) is 5.25. The van der Waals surface area contributed by atoms with Gasteiger partial charge in [-0.05, 0) is 48.4 Å². The molecule has 0 atom stereocenters. The van der Waals surface area contributed by atoms with E-state index in [9.17, 15) is 0 Å². The Balaban J connectivity index is 1.68. The summed E-state index contributed by atoms with van der Waals surface area (Å²) in [4.78, 5) is 0. The van der Waals surface area contributed by atoms with E-state index in [0.717, 1.165) is 33.4 Å². The highest BCUT2D eigenvalue weighted by Crippen LogP contribution is 2.41. The summed E-state index contributed by atoms with van der Waals surface area (Å²) in [6, 6.07) is 38.7. The van der Waals surface area contributed by atoms with Crippen LogP contribution in [-0.2, 0) is 0 Å². The molecule has 0 N–H and O–H groups in total. The minimum absolute atomic E-state index is 0.932. The van der Waals surface area contributed by atoms with E-state index in [2.05, 4.69) is 121 Å². The average molecular weight is 424 g/mol.